The molecular weight excluding hydrogens is 294 g/mol. The van der Waals surface area contributed by atoms with Crippen molar-refractivity contribution >= 4 is 21.8 Å². The standard InChI is InChI=1S/C13H23N3O4S/c1-13(2,3)16-7-10(6-11(16)17)15-12(18)14-9-4-5-21(19,20)8-9/h9-10H,4-8H2,1-3H3,(H2,14,15,18). The molecule has 21 heavy (non-hydrogen) atoms. The van der Waals surface area contributed by atoms with E-state index >= 15 is 0 Å². The predicted octanol–water partition coefficient (Wildman–Crippen LogP) is -0.128. The van der Waals surface area contributed by atoms with E-state index in [1.165, 1.54) is 0 Å². The Bertz CT molecular complexity index is 538. The molecule has 2 aliphatic heterocycles. The molecule has 120 valence electrons. The van der Waals surface area contributed by atoms with Gasteiger partial charge in [-0.2, -0.15) is 0 Å². The number of amides is 3. The largest absolute Gasteiger partial charge is 0.336 e. The van der Waals surface area contributed by atoms with Crippen molar-refractivity contribution in [2.75, 3.05) is 18.1 Å². The summed E-state index contributed by atoms with van der Waals surface area (Å²) in [6.07, 6.45) is 0.737. The molecule has 7 nitrogen and oxygen atoms in total. The summed E-state index contributed by atoms with van der Waals surface area (Å²) < 4.78 is 22.7. The van der Waals surface area contributed by atoms with Gasteiger partial charge in [-0.1, -0.05) is 0 Å². The summed E-state index contributed by atoms with van der Waals surface area (Å²) in [5.74, 6) is 0.145. The molecule has 0 aromatic carbocycles. The third-order valence-electron chi connectivity index (χ3n) is 3.84. The van der Waals surface area contributed by atoms with E-state index in [1.54, 1.807) is 4.90 Å². The number of carbonyl (C=O) groups excluding carboxylic acids is 2. The summed E-state index contributed by atoms with van der Waals surface area (Å²) in [4.78, 5) is 25.5. The van der Waals surface area contributed by atoms with E-state index in [9.17, 15) is 18.0 Å². The van der Waals surface area contributed by atoms with Gasteiger partial charge in [0.15, 0.2) is 9.84 Å². The molecular formula is C13H23N3O4S. The number of nitrogens with one attached hydrogen (secondary N) is 2. The lowest BCUT2D eigenvalue weighted by Gasteiger charge is -2.32. The average Bonchev–Trinajstić information content (AvgIpc) is 2.81. The Labute approximate surface area is 125 Å². The van der Waals surface area contributed by atoms with Crippen LogP contribution < -0.4 is 10.6 Å². The maximum atomic E-state index is 11.9. The molecule has 2 heterocycles. The number of carbonyl (C=O) groups is 2. The van der Waals surface area contributed by atoms with Gasteiger partial charge in [-0.15, -0.1) is 0 Å². The minimum Gasteiger partial charge on any atom is -0.336 e. The highest BCUT2D eigenvalue weighted by molar-refractivity contribution is 7.91. The first-order chi connectivity index (χ1) is 9.57. The van der Waals surface area contributed by atoms with Gasteiger partial charge < -0.3 is 15.5 Å². The van der Waals surface area contributed by atoms with E-state index in [0.717, 1.165) is 0 Å². The van der Waals surface area contributed by atoms with Crippen LogP contribution in [0.5, 0.6) is 0 Å². The molecule has 2 N–H and O–H groups in total. The fourth-order valence-corrected chi connectivity index (χ4v) is 4.45. The summed E-state index contributed by atoms with van der Waals surface area (Å²) in [5.41, 5.74) is -0.260. The Morgan fingerprint density at radius 1 is 1.24 bits per heavy atom. The highest BCUT2D eigenvalue weighted by atomic mass is 32.2. The Balaban J connectivity index is 1.83. The van der Waals surface area contributed by atoms with Gasteiger partial charge in [0.1, 0.15) is 0 Å². The summed E-state index contributed by atoms with van der Waals surface area (Å²) in [6, 6.07) is -0.953. The lowest BCUT2D eigenvalue weighted by atomic mass is 10.1. The number of sulfone groups is 1. The van der Waals surface area contributed by atoms with Crippen LogP contribution in [0.1, 0.15) is 33.6 Å². The van der Waals surface area contributed by atoms with Crippen LogP contribution in [0, 0.1) is 0 Å². The molecule has 2 aliphatic rings. The first kappa shape index (κ1) is 16.1. The van der Waals surface area contributed by atoms with Crippen LogP contribution in [-0.4, -0.2) is 60.9 Å². The molecule has 0 saturated carbocycles. The predicted molar refractivity (Wildman–Crippen MR) is 78.6 cm³/mol. The van der Waals surface area contributed by atoms with Crippen molar-refractivity contribution < 1.29 is 18.0 Å². The Kier molecular flexibility index (Phi) is 4.19. The van der Waals surface area contributed by atoms with Crippen molar-refractivity contribution in [3.05, 3.63) is 0 Å². The van der Waals surface area contributed by atoms with Crippen molar-refractivity contribution in [3.63, 3.8) is 0 Å². The van der Waals surface area contributed by atoms with Crippen LogP contribution in [-0.2, 0) is 14.6 Å². The second-order valence-corrected chi connectivity index (χ2v) is 9.02. The summed E-state index contributed by atoms with van der Waals surface area (Å²) in [6.45, 7) is 6.35. The molecule has 0 spiro atoms. The van der Waals surface area contributed by atoms with Crippen LogP contribution in [0.25, 0.3) is 0 Å². The molecule has 0 aromatic rings. The summed E-state index contributed by atoms with van der Waals surface area (Å²) in [5, 5.41) is 5.43. The molecule has 3 amide bonds. The quantitative estimate of drug-likeness (QED) is 0.742. The highest BCUT2D eigenvalue weighted by Gasteiger charge is 2.37. The summed E-state index contributed by atoms with van der Waals surface area (Å²) in [7, 11) is -3.01. The first-order valence-electron chi connectivity index (χ1n) is 7.15. The number of hydrogen-bond acceptors (Lipinski definition) is 4. The van der Waals surface area contributed by atoms with Crippen LogP contribution in [0.4, 0.5) is 4.79 Å². The second-order valence-electron chi connectivity index (χ2n) is 6.79. The molecule has 0 bridgehead atoms. The molecule has 0 aliphatic carbocycles. The zero-order chi connectivity index (χ0) is 15.8. The SMILES string of the molecule is CC(C)(C)N1CC(NC(=O)NC2CCS(=O)(=O)C2)CC1=O. The maximum absolute atomic E-state index is 11.9. The zero-order valence-electron chi connectivity index (χ0n) is 12.7. The van der Waals surface area contributed by atoms with E-state index in [4.69, 9.17) is 0 Å². The third-order valence-corrected chi connectivity index (χ3v) is 5.61. The zero-order valence-corrected chi connectivity index (χ0v) is 13.5. The Morgan fingerprint density at radius 2 is 1.86 bits per heavy atom. The van der Waals surface area contributed by atoms with Crippen LogP contribution in [0.15, 0.2) is 0 Å². The van der Waals surface area contributed by atoms with Gasteiger partial charge >= 0.3 is 6.03 Å². The van der Waals surface area contributed by atoms with Crippen LogP contribution in [0.2, 0.25) is 0 Å². The van der Waals surface area contributed by atoms with Gasteiger partial charge in [0.05, 0.1) is 17.5 Å². The van der Waals surface area contributed by atoms with Gasteiger partial charge in [-0.25, -0.2) is 13.2 Å². The number of urea groups is 1. The highest BCUT2D eigenvalue weighted by Crippen LogP contribution is 2.21. The lowest BCUT2D eigenvalue weighted by molar-refractivity contribution is -0.131. The molecule has 2 fully saturated rings. The maximum Gasteiger partial charge on any atom is 0.315 e. The fraction of sp³-hybridized carbons (Fsp3) is 0.846. The van der Waals surface area contributed by atoms with Gasteiger partial charge in [-0.3, -0.25) is 4.79 Å². The summed E-state index contributed by atoms with van der Waals surface area (Å²) >= 11 is 0. The minimum absolute atomic E-state index is 0.00185. The van der Waals surface area contributed by atoms with E-state index in [1.807, 2.05) is 20.8 Å². The van der Waals surface area contributed by atoms with Crippen molar-refractivity contribution in [2.24, 2.45) is 0 Å². The second kappa shape index (κ2) is 5.47. The van der Waals surface area contributed by atoms with Crippen LogP contribution in [0.3, 0.4) is 0 Å². The smallest absolute Gasteiger partial charge is 0.315 e. The normalized spacial score (nSPS) is 28.7. The minimum atomic E-state index is -3.01. The molecule has 0 radical (unpaired) electrons. The Hall–Kier alpha value is -1.31. The molecule has 2 rings (SSSR count). The van der Waals surface area contributed by atoms with E-state index in [0.29, 0.717) is 13.0 Å². The van der Waals surface area contributed by atoms with Crippen molar-refractivity contribution in [2.45, 2.75) is 51.2 Å². The van der Waals surface area contributed by atoms with E-state index < -0.39 is 15.9 Å². The number of hydrogen-bond donors (Lipinski definition) is 2. The number of nitrogens with zero attached hydrogens (tertiary/aromatic N) is 1. The first-order valence-corrected chi connectivity index (χ1v) is 8.97. The molecule has 0 aromatic heterocycles. The van der Waals surface area contributed by atoms with Crippen molar-refractivity contribution in [1.82, 2.24) is 15.5 Å². The Morgan fingerprint density at radius 3 is 2.33 bits per heavy atom. The molecule has 2 saturated heterocycles. The van der Waals surface area contributed by atoms with Gasteiger partial charge in [-0.05, 0) is 27.2 Å². The molecule has 8 heteroatoms. The van der Waals surface area contributed by atoms with E-state index in [-0.39, 0.29) is 41.5 Å². The number of likely N-dealkylation sites (tertiary alicyclic amines) is 1. The number of rotatable bonds is 2. The topological polar surface area (TPSA) is 95.6 Å². The monoisotopic (exact) mass is 317 g/mol. The van der Waals surface area contributed by atoms with Crippen LogP contribution >= 0.6 is 0 Å². The average molecular weight is 317 g/mol. The third kappa shape index (κ3) is 4.09. The molecule has 2 atom stereocenters. The fourth-order valence-electron chi connectivity index (χ4n) is 2.77. The van der Waals surface area contributed by atoms with Crippen molar-refractivity contribution in [1.29, 1.82) is 0 Å². The van der Waals surface area contributed by atoms with Gasteiger partial charge in [0.2, 0.25) is 5.91 Å². The van der Waals surface area contributed by atoms with E-state index in [2.05, 4.69) is 10.6 Å². The van der Waals surface area contributed by atoms with Crippen molar-refractivity contribution in [3.8, 4) is 0 Å². The molecule has 2 unspecified atom stereocenters. The van der Waals surface area contributed by atoms with Gasteiger partial charge in [0.25, 0.3) is 0 Å². The lowest BCUT2D eigenvalue weighted by Crippen LogP contribution is -2.48. The van der Waals surface area contributed by atoms with Gasteiger partial charge in [0, 0.05) is 24.5 Å².